The SMILES string of the molecule is CCC(C)N(CCC(=O)Nc1cc(OC)c(OC)c(OC)c1)C(C)=O. The molecule has 0 heterocycles. The Kier molecular flexibility index (Phi) is 8.04. The standard InChI is InChI=1S/C18H28N2O5/c1-7-12(2)20(13(3)21)9-8-17(22)19-14-10-15(23-4)18(25-6)16(11-14)24-5/h10-12H,7-9H2,1-6H3,(H,19,22). The van der Waals surface area contributed by atoms with Crippen LogP contribution in [-0.4, -0.2) is 50.6 Å². The zero-order valence-electron chi connectivity index (χ0n) is 15.8. The van der Waals surface area contributed by atoms with Crippen LogP contribution >= 0.6 is 0 Å². The second-order valence-corrected chi connectivity index (χ2v) is 5.68. The van der Waals surface area contributed by atoms with Crippen LogP contribution < -0.4 is 19.5 Å². The molecule has 0 aromatic heterocycles. The van der Waals surface area contributed by atoms with E-state index in [0.717, 1.165) is 6.42 Å². The van der Waals surface area contributed by atoms with Crippen LogP contribution in [-0.2, 0) is 9.59 Å². The van der Waals surface area contributed by atoms with Crippen molar-refractivity contribution in [1.82, 2.24) is 4.90 Å². The number of carbonyl (C=O) groups excluding carboxylic acids is 2. The molecular weight excluding hydrogens is 324 g/mol. The van der Waals surface area contributed by atoms with Gasteiger partial charge in [-0.05, 0) is 13.3 Å². The lowest BCUT2D eigenvalue weighted by Crippen LogP contribution is -2.38. The molecule has 0 aliphatic heterocycles. The molecule has 1 unspecified atom stereocenters. The zero-order chi connectivity index (χ0) is 19.0. The Morgan fingerprint density at radius 2 is 1.68 bits per heavy atom. The molecule has 140 valence electrons. The lowest BCUT2D eigenvalue weighted by atomic mass is 10.2. The van der Waals surface area contributed by atoms with E-state index < -0.39 is 0 Å². The topological polar surface area (TPSA) is 77.1 Å². The molecule has 1 N–H and O–H groups in total. The van der Waals surface area contributed by atoms with Gasteiger partial charge in [0.15, 0.2) is 11.5 Å². The van der Waals surface area contributed by atoms with Crippen LogP contribution in [0.3, 0.4) is 0 Å². The molecule has 7 heteroatoms. The van der Waals surface area contributed by atoms with E-state index in [0.29, 0.717) is 29.5 Å². The number of rotatable bonds is 9. The number of hydrogen-bond donors (Lipinski definition) is 1. The molecule has 0 bridgehead atoms. The molecular formula is C18H28N2O5. The summed E-state index contributed by atoms with van der Waals surface area (Å²) < 4.78 is 15.8. The van der Waals surface area contributed by atoms with E-state index in [2.05, 4.69) is 5.32 Å². The van der Waals surface area contributed by atoms with Gasteiger partial charge in [0.2, 0.25) is 17.6 Å². The van der Waals surface area contributed by atoms with E-state index in [4.69, 9.17) is 14.2 Å². The van der Waals surface area contributed by atoms with E-state index in [1.54, 1.807) is 17.0 Å². The van der Waals surface area contributed by atoms with Crippen molar-refractivity contribution in [3.63, 3.8) is 0 Å². The summed E-state index contributed by atoms with van der Waals surface area (Å²) in [6.45, 7) is 5.87. The van der Waals surface area contributed by atoms with Crippen molar-refractivity contribution in [3.05, 3.63) is 12.1 Å². The predicted molar refractivity (Wildman–Crippen MR) is 96.5 cm³/mol. The summed E-state index contributed by atoms with van der Waals surface area (Å²) in [4.78, 5) is 25.6. The molecule has 0 saturated heterocycles. The number of amides is 2. The Morgan fingerprint density at radius 3 is 2.08 bits per heavy atom. The fourth-order valence-electron chi connectivity index (χ4n) is 2.51. The van der Waals surface area contributed by atoms with E-state index in [1.165, 1.54) is 28.3 Å². The fourth-order valence-corrected chi connectivity index (χ4v) is 2.51. The van der Waals surface area contributed by atoms with Crippen molar-refractivity contribution in [2.24, 2.45) is 0 Å². The minimum atomic E-state index is -0.191. The van der Waals surface area contributed by atoms with Gasteiger partial charge in [0.05, 0.1) is 21.3 Å². The third-order valence-corrected chi connectivity index (χ3v) is 4.06. The summed E-state index contributed by atoms with van der Waals surface area (Å²) in [5, 5.41) is 2.80. The molecule has 1 rings (SSSR count). The van der Waals surface area contributed by atoms with Crippen LogP contribution in [0.1, 0.15) is 33.6 Å². The first kappa shape index (κ1) is 20.6. The van der Waals surface area contributed by atoms with Crippen molar-refractivity contribution in [2.75, 3.05) is 33.2 Å². The highest BCUT2D eigenvalue weighted by atomic mass is 16.5. The van der Waals surface area contributed by atoms with Gasteiger partial charge in [-0.15, -0.1) is 0 Å². The Bertz CT molecular complexity index is 578. The summed E-state index contributed by atoms with van der Waals surface area (Å²) in [6, 6.07) is 3.43. The maximum absolute atomic E-state index is 12.2. The van der Waals surface area contributed by atoms with Crippen LogP contribution in [0.4, 0.5) is 5.69 Å². The first-order valence-corrected chi connectivity index (χ1v) is 8.24. The molecule has 0 radical (unpaired) electrons. The first-order valence-electron chi connectivity index (χ1n) is 8.24. The van der Waals surface area contributed by atoms with E-state index in [-0.39, 0.29) is 24.3 Å². The summed E-state index contributed by atoms with van der Waals surface area (Å²) >= 11 is 0. The number of nitrogens with one attached hydrogen (secondary N) is 1. The molecule has 0 fully saturated rings. The molecule has 1 aromatic rings. The normalized spacial score (nSPS) is 11.4. The zero-order valence-corrected chi connectivity index (χ0v) is 15.8. The third-order valence-electron chi connectivity index (χ3n) is 4.06. The van der Waals surface area contributed by atoms with Crippen molar-refractivity contribution in [2.45, 2.75) is 39.7 Å². The lowest BCUT2D eigenvalue weighted by Gasteiger charge is -2.27. The van der Waals surface area contributed by atoms with Crippen LogP contribution in [0.15, 0.2) is 12.1 Å². The van der Waals surface area contributed by atoms with Gasteiger partial charge in [-0.3, -0.25) is 9.59 Å². The van der Waals surface area contributed by atoms with E-state index in [9.17, 15) is 9.59 Å². The Labute approximate surface area is 149 Å². The van der Waals surface area contributed by atoms with Crippen molar-refractivity contribution < 1.29 is 23.8 Å². The summed E-state index contributed by atoms with van der Waals surface area (Å²) in [7, 11) is 4.55. The Morgan fingerprint density at radius 1 is 1.12 bits per heavy atom. The fraction of sp³-hybridized carbons (Fsp3) is 0.556. The molecule has 1 atom stereocenters. The molecule has 0 saturated carbocycles. The van der Waals surface area contributed by atoms with Crippen LogP contribution in [0.25, 0.3) is 0 Å². The maximum Gasteiger partial charge on any atom is 0.226 e. The minimum absolute atomic E-state index is 0.0325. The highest BCUT2D eigenvalue weighted by molar-refractivity contribution is 5.92. The first-order chi connectivity index (χ1) is 11.9. The number of benzene rings is 1. The number of methoxy groups -OCH3 is 3. The molecule has 2 amide bonds. The van der Waals surface area contributed by atoms with Crippen LogP contribution in [0.5, 0.6) is 17.2 Å². The molecule has 25 heavy (non-hydrogen) atoms. The number of nitrogens with zero attached hydrogens (tertiary/aromatic N) is 1. The number of ether oxygens (including phenoxy) is 3. The predicted octanol–water partition coefficient (Wildman–Crippen LogP) is 2.69. The summed E-state index contributed by atoms with van der Waals surface area (Å²) in [5.41, 5.74) is 0.539. The number of carbonyl (C=O) groups is 2. The van der Waals surface area contributed by atoms with Gasteiger partial charge in [-0.25, -0.2) is 0 Å². The van der Waals surface area contributed by atoms with Gasteiger partial charge in [0, 0.05) is 43.8 Å². The molecule has 0 aliphatic carbocycles. The second kappa shape index (κ2) is 9.76. The minimum Gasteiger partial charge on any atom is -0.493 e. The van der Waals surface area contributed by atoms with Crippen molar-refractivity contribution in [1.29, 1.82) is 0 Å². The maximum atomic E-state index is 12.2. The average molecular weight is 352 g/mol. The molecule has 0 aliphatic rings. The quantitative estimate of drug-likeness (QED) is 0.739. The number of anilines is 1. The average Bonchev–Trinajstić information content (AvgIpc) is 2.60. The van der Waals surface area contributed by atoms with Crippen LogP contribution in [0.2, 0.25) is 0 Å². The van der Waals surface area contributed by atoms with Crippen molar-refractivity contribution >= 4 is 17.5 Å². The Hall–Kier alpha value is -2.44. The van der Waals surface area contributed by atoms with Crippen LogP contribution in [0, 0.1) is 0 Å². The number of hydrogen-bond acceptors (Lipinski definition) is 5. The van der Waals surface area contributed by atoms with Gasteiger partial charge >= 0.3 is 0 Å². The smallest absolute Gasteiger partial charge is 0.226 e. The van der Waals surface area contributed by atoms with Gasteiger partial charge in [-0.1, -0.05) is 6.92 Å². The Balaban J connectivity index is 2.81. The molecule has 1 aromatic carbocycles. The third kappa shape index (κ3) is 5.55. The van der Waals surface area contributed by atoms with E-state index in [1.807, 2.05) is 13.8 Å². The van der Waals surface area contributed by atoms with Gasteiger partial charge in [0.1, 0.15) is 0 Å². The molecule has 7 nitrogen and oxygen atoms in total. The summed E-state index contributed by atoms with van der Waals surface area (Å²) in [6.07, 6.45) is 1.05. The van der Waals surface area contributed by atoms with Crippen molar-refractivity contribution in [3.8, 4) is 17.2 Å². The molecule has 0 spiro atoms. The highest BCUT2D eigenvalue weighted by Crippen LogP contribution is 2.39. The highest BCUT2D eigenvalue weighted by Gasteiger charge is 2.18. The monoisotopic (exact) mass is 352 g/mol. The van der Waals surface area contributed by atoms with E-state index >= 15 is 0 Å². The van der Waals surface area contributed by atoms with Gasteiger partial charge in [0.25, 0.3) is 0 Å². The largest absolute Gasteiger partial charge is 0.493 e. The summed E-state index contributed by atoms with van der Waals surface area (Å²) in [5.74, 6) is 1.16. The van der Waals surface area contributed by atoms with Gasteiger partial charge < -0.3 is 24.4 Å². The second-order valence-electron chi connectivity index (χ2n) is 5.68. The lowest BCUT2D eigenvalue weighted by molar-refractivity contribution is -0.131. The van der Waals surface area contributed by atoms with Gasteiger partial charge in [-0.2, -0.15) is 0 Å².